The maximum absolute atomic E-state index is 12.8. The van der Waals surface area contributed by atoms with Crippen LogP contribution in [-0.2, 0) is 14.8 Å². The molecule has 0 aromatic heterocycles. The number of nitrogens with one attached hydrogen (secondary N) is 1. The van der Waals surface area contributed by atoms with E-state index >= 15 is 0 Å². The molecule has 1 aliphatic rings. The number of nitrogens with zero attached hydrogens (tertiary/aromatic N) is 1. The number of carboxylic acids is 1. The molecule has 1 heterocycles. The third kappa shape index (κ3) is 6.04. The zero-order valence-corrected chi connectivity index (χ0v) is 16.6. The highest BCUT2D eigenvalue weighted by Crippen LogP contribution is 2.22. The van der Waals surface area contributed by atoms with Gasteiger partial charge in [0.1, 0.15) is 0 Å². The van der Waals surface area contributed by atoms with Crippen molar-refractivity contribution in [2.45, 2.75) is 56.8 Å². The lowest BCUT2D eigenvalue weighted by molar-refractivity contribution is -0.137. The Labute approximate surface area is 160 Å². The maximum Gasteiger partial charge on any atom is 0.303 e. The average molecular weight is 397 g/mol. The van der Waals surface area contributed by atoms with E-state index in [0.717, 1.165) is 31.2 Å². The van der Waals surface area contributed by atoms with Crippen molar-refractivity contribution in [2.24, 2.45) is 0 Å². The highest BCUT2D eigenvalue weighted by atomic mass is 32.2. The Morgan fingerprint density at radius 2 is 1.81 bits per heavy atom. The smallest absolute Gasteiger partial charge is 0.303 e. The van der Waals surface area contributed by atoms with Gasteiger partial charge in [0, 0.05) is 31.6 Å². The van der Waals surface area contributed by atoms with Crippen molar-refractivity contribution < 1.29 is 23.1 Å². The Morgan fingerprint density at radius 1 is 1.11 bits per heavy atom. The third-order valence-electron chi connectivity index (χ3n) is 4.76. The highest BCUT2D eigenvalue weighted by molar-refractivity contribution is 7.89. The summed E-state index contributed by atoms with van der Waals surface area (Å²) in [7, 11) is -3.58. The summed E-state index contributed by atoms with van der Waals surface area (Å²) in [6.45, 7) is 3.25. The molecule has 1 amide bonds. The molecule has 150 valence electrons. The number of carbonyl (C=O) groups is 2. The molecule has 1 saturated heterocycles. The molecular weight excluding hydrogens is 368 g/mol. The Bertz CT molecular complexity index is 770. The van der Waals surface area contributed by atoms with Crippen LogP contribution in [0.25, 0.3) is 0 Å². The fourth-order valence-corrected chi connectivity index (χ4v) is 4.68. The van der Waals surface area contributed by atoms with Gasteiger partial charge in [0.05, 0.1) is 4.90 Å². The van der Waals surface area contributed by atoms with E-state index in [1.165, 1.54) is 10.4 Å². The molecule has 1 aromatic carbocycles. The van der Waals surface area contributed by atoms with E-state index < -0.39 is 16.0 Å². The lowest BCUT2D eigenvalue weighted by atomic mass is 10.1. The van der Waals surface area contributed by atoms with Gasteiger partial charge < -0.3 is 10.4 Å². The monoisotopic (exact) mass is 396 g/mol. The number of sulfonamides is 1. The Morgan fingerprint density at radius 3 is 2.48 bits per heavy atom. The van der Waals surface area contributed by atoms with Crippen LogP contribution in [0.3, 0.4) is 0 Å². The predicted octanol–water partition coefficient (Wildman–Crippen LogP) is 2.54. The number of aryl methyl sites for hydroxylation is 1. The topological polar surface area (TPSA) is 104 Å². The van der Waals surface area contributed by atoms with E-state index in [-0.39, 0.29) is 17.2 Å². The molecule has 7 nitrogen and oxygen atoms in total. The molecule has 1 aromatic rings. The molecule has 8 heteroatoms. The van der Waals surface area contributed by atoms with Gasteiger partial charge in [-0.2, -0.15) is 4.31 Å². The molecule has 0 unspecified atom stereocenters. The molecule has 0 saturated carbocycles. The van der Waals surface area contributed by atoms with E-state index in [1.54, 1.807) is 19.1 Å². The Hall–Kier alpha value is -1.93. The van der Waals surface area contributed by atoms with Crippen molar-refractivity contribution in [3.63, 3.8) is 0 Å². The van der Waals surface area contributed by atoms with E-state index in [4.69, 9.17) is 5.11 Å². The number of carbonyl (C=O) groups excluding carboxylic acids is 1. The van der Waals surface area contributed by atoms with Crippen LogP contribution in [0.4, 0.5) is 0 Å². The SMILES string of the molecule is Cc1ccc(S(=O)(=O)N2CCCCC2)cc1C(=O)NCCCCCC(=O)O. The number of hydrogen-bond donors (Lipinski definition) is 2. The van der Waals surface area contributed by atoms with E-state index in [9.17, 15) is 18.0 Å². The van der Waals surface area contributed by atoms with Gasteiger partial charge in [-0.05, 0) is 50.3 Å². The van der Waals surface area contributed by atoms with Crippen molar-refractivity contribution in [1.29, 1.82) is 0 Å². The van der Waals surface area contributed by atoms with Gasteiger partial charge in [0.25, 0.3) is 5.91 Å². The number of benzene rings is 1. The second-order valence-electron chi connectivity index (χ2n) is 6.90. The van der Waals surface area contributed by atoms with Crippen LogP contribution < -0.4 is 5.32 Å². The number of carboxylic acid groups (broad SMARTS) is 1. The first-order valence-corrected chi connectivity index (χ1v) is 10.9. The molecule has 1 fully saturated rings. The number of rotatable bonds is 9. The molecule has 0 bridgehead atoms. The van der Waals surface area contributed by atoms with Gasteiger partial charge in [0.2, 0.25) is 10.0 Å². The minimum atomic E-state index is -3.58. The van der Waals surface area contributed by atoms with Crippen LogP contribution in [0.15, 0.2) is 23.1 Å². The Balaban J connectivity index is 1.99. The fraction of sp³-hybridized carbons (Fsp3) is 0.579. The van der Waals surface area contributed by atoms with Gasteiger partial charge in [-0.1, -0.05) is 18.9 Å². The zero-order valence-electron chi connectivity index (χ0n) is 15.7. The molecule has 2 rings (SSSR count). The summed E-state index contributed by atoms with van der Waals surface area (Å²) in [5, 5.41) is 11.4. The first-order chi connectivity index (χ1) is 12.8. The van der Waals surface area contributed by atoms with Crippen LogP contribution in [-0.4, -0.2) is 49.3 Å². The summed E-state index contributed by atoms with van der Waals surface area (Å²) in [6.07, 6.45) is 4.87. The molecule has 0 spiro atoms. The van der Waals surface area contributed by atoms with Crippen LogP contribution in [0, 0.1) is 6.92 Å². The number of unbranched alkanes of at least 4 members (excludes halogenated alkanes) is 2. The first kappa shape index (κ1) is 21.4. The number of hydrogen-bond acceptors (Lipinski definition) is 4. The standard InChI is InChI=1S/C19H28N2O5S/c1-15-9-10-16(27(25,26)21-12-6-3-7-13-21)14-17(15)19(24)20-11-5-2-4-8-18(22)23/h9-10,14H,2-8,11-13H2,1H3,(H,20,24)(H,22,23). The van der Waals surface area contributed by atoms with Crippen molar-refractivity contribution in [2.75, 3.05) is 19.6 Å². The molecule has 2 N–H and O–H groups in total. The van der Waals surface area contributed by atoms with Crippen molar-refractivity contribution >= 4 is 21.9 Å². The second kappa shape index (κ2) is 9.85. The van der Waals surface area contributed by atoms with Gasteiger partial charge in [-0.3, -0.25) is 9.59 Å². The minimum absolute atomic E-state index is 0.128. The quantitative estimate of drug-likeness (QED) is 0.624. The number of amides is 1. The fourth-order valence-electron chi connectivity index (χ4n) is 3.14. The third-order valence-corrected chi connectivity index (χ3v) is 6.65. The normalized spacial score (nSPS) is 15.4. The molecule has 1 aliphatic heterocycles. The lowest BCUT2D eigenvalue weighted by Crippen LogP contribution is -2.35. The van der Waals surface area contributed by atoms with Gasteiger partial charge >= 0.3 is 5.97 Å². The van der Waals surface area contributed by atoms with Crippen LogP contribution in [0.2, 0.25) is 0 Å². The van der Waals surface area contributed by atoms with E-state index in [2.05, 4.69) is 5.32 Å². The predicted molar refractivity (Wildman–Crippen MR) is 102 cm³/mol. The summed E-state index contributed by atoms with van der Waals surface area (Å²) in [5.74, 6) is -1.12. The summed E-state index contributed by atoms with van der Waals surface area (Å²) in [4.78, 5) is 23.1. The number of piperidine rings is 1. The van der Waals surface area contributed by atoms with Crippen LogP contribution in [0.1, 0.15) is 60.9 Å². The van der Waals surface area contributed by atoms with E-state index in [0.29, 0.717) is 38.0 Å². The van der Waals surface area contributed by atoms with Crippen LogP contribution in [0.5, 0.6) is 0 Å². The van der Waals surface area contributed by atoms with Crippen molar-refractivity contribution in [1.82, 2.24) is 9.62 Å². The maximum atomic E-state index is 12.8. The van der Waals surface area contributed by atoms with Crippen molar-refractivity contribution in [3.05, 3.63) is 29.3 Å². The summed E-state index contributed by atoms with van der Waals surface area (Å²) in [5.41, 5.74) is 1.08. The molecule has 0 aliphatic carbocycles. The second-order valence-corrected chi connectivity index (χ2v) is 8.84. The molecule has 0 atom stereocenters. The summed E-state index contributed by atoms with van der Waals surface area (Å²) in [6, 6.07) is 4.68. The van der Waals surface area contributed by atoms with E-state index in [1.807, 2.05) is 0 Å². The first-order valence-electron chi connectivity index (χ1n) is 9.43. The summed E-state index contributed by atoms with van der Waals surface area (Å²) >= 11 is 0. The number of aliphatic carboxylic acids is 1. The lowest BCUT2D eigenvalue weighted by Gasteiger charge is -2.26. The van der Waals surface area contributed by atoms with Crippen LogP contribution >= 0.6 is 0 Å². The highest BCUT2D eigenvalue weighted by Gasteiger charge is 2.27. The summed E-state index contributed by atoms with van der Waals surface area (Å²) < 4.78 is 27.1. The Kier molecular flexibility index (Phi) is 7.79. The van der Waals surface area contributed by atoms with Gasteiger partial charge in [0.15, 0.2) is 0 Å². The van der Waals surface area contributed by atoms with Gasteiger partial charge in [-0.15, -0.1) is 0 Å². The zero-order chi connectivity index (χ0) is 19.9. The molecule has 0 radical (unpaired) electrons. The average Bonchev–Trinajstić information content (AvgIpc) is 2.65. The van der Waals surface area contributed by atoms with Crippen molar-refractivity contribution in [3.8, 4) is 0 Å². The molecule has 27 heavy (non-hydrogen) atoms. The molecular formula is C19H28N2O5S. The minimum Gasteiger partial charge on any atom is -0.481 e. The largest absolute Gasteiger partial charge is 0.481 e. The van der Waals surface area contributed by atoms with Gasteiger partial charge in [-0.25, -0.2) is 8.42 Å².